The molecule has 2 rings (SSSR count). The van der Waals surface area contributed by atoms with E-state index in [-0.39, 0.29) is 10.8 Å². The lowest BCUT2D eigenvalue weighted by molar-refractivity contribution is 0.180. The number of allylic oxidation sites excluding steroid dienone is 1. The summed E-state index contributed by atoms with van der Waals surface area (Å²) in [5, 5.41) is 12.4. The molecule has 0 saturated carbocycles. The van der Waals surface area contributed by atoms with E-state index >= 15 is 0 Å². The van der Waals surface area contributed by atoms with Gasteiger partial charge in [-0.1, -0.05) is 58.2 Å². The SMILES string of the molecule is CC.CC(C)(C)[B]C(C)(C)Oc1ccc2c(c1)=CC(C)(O)C=CC=2. The van der Waals surface area contributed by atoms with Crippen LogP contribution < -0.4 is 15.2 Å². The van der Waals surface area contributed by atoms with Gasteiger partial charge >= 0.3 is 0 Å². The molecule has 0 aliphatic heterocycles. The lowest BCUT2D eigenvalue weighted by atomic mass is 9.46. The maximum absolute atomic E-state index is 10.3. The molecule has 3 heteroatoms. The summed E-state index contributed by atoms with van der Waals surface area (Å²) >= 11 is 0. The predicted octanol–water partition coefficient (Wildman–Crippen LogP) is 3.63. The van der Waals surface area contributed by atoms with E-state index in [4.69, 9.17) is 4.74 Å². The van der Waals surface area contributed by atoms with Crippen LogP contribution in [0.4, 0.5) is 0 Å². The fourth-order valence-electron chi connectivity index (χ4n) is 2.98. The summed E-state index contributed by atoms with van der Waals surface area (Å²) in [6.45, 7) is 16.4. The molecule has 0 heterocycles. The normalized spacial score (nSPS) is 19.7. The molecule has 0 fully saturated rings. The first kappa shape index (κ1) is 20.6. The molecular formula is C21H32BO2. The Balaban J connectivity index is 0.00000139. The zero-order valence-corrected chi connectivity index (χ0v) is 16.5. The number of ether oxygens (including phenoxy) is 1. The molecular weight excluding hydrogens is 295 g/mol. The van der Waals surface area contributed by atoms with Crippen LogP contribution in [0.5, 0.6) is 5.75 Å². The molecule has 1 unspecified atom stereocenters. The smallest absolute Gasteiger partial charge is 0.176 e. The maximum Gasteiger partial charge on any atom is 0.176 e. The summed E-state index contributed by atoms with van der Waals surface area (Å²) < 4.78 is 6.16. The summed E-state index contributed by atoms with van der Waals surface area (Å²) in [5.41, 5.74) is -1.30. The van der Waals surface area contributed by atoms with Crippen LogP contribution in [0.2, 0.25) is 5.31 Å². The standard InChI is InChI=1S/C19H26BO2.C2H6/c1-17(2,3)20-18(4,5)22-16-10-9-14-8-7-11-19(6,21)13-15(14)12-16;1-2/h7-13,21H,1-6H3;1-2H3. The van der Waals surface area contributed by atoms with Gasteiger partial charge in [0.15, 0.2) is 7.28 Å². The maximum atomic E-state index is 10.3. The third kappa shape index (κ3) is 6.56. The van der Waals surface area contributed by atoms with Gasteiger partial charge in [0.05, 0.1) is 11.1 Å². The number of rotatable bonds is 3. The third-order valence-electron chi connectivity index (χ3n) is 3.38. The molecule has 0 amide bonds. The van der Waals surface area contributed by atoms with Crippen molar-refractivity contribution in [2.24, 2.45) is 0 Å². The van der Waals surface area contributed by atoms with Crippen LogP contribution in [0.25, 0.3) is 12.2 Å². The molecule has 0 saturated heterocycles. The van der Waals surface area contributed by atoms with Crippen molar-refractivity contribution in [3.63, 3.8) is 0 Å². The van der Waals surface area contributed by atoms with Gasteiger partial charge in [-0.25, -0.2) is 0 Å². The number of benzene rings is 1. The minimum Gasteiger partial charge on any atom is -0.497 e. The Kier molecular flexibility index (Phi) is 6.52. The molecule has 1 aliphatic rings. The predicted molar refractivity (Wildman–Crippen MR) is 106 cm³/mol. The molecule has 1 atom stereocenters. The monoisotopic (exact) mass is 327 g/mol. The quantitative estimate of drug-likeness (QED) is 0.859. The van der Waals surface area contributed by atoms with Crippen LogP contribution in [0, 0.1) is 0 Å². The number of hydrogen-bond acceptors (Lipinski definition) is 2. The highest BCUT2D eigenvalue weighted by molar-refractivity contribution is 6.43. The van der Waals surface area contributed by atoms with Gasteiger partial charge in [-0.3, -0.25) is 0 Å². The first-order chi connectivity index (χ1) is 11.0. The Morgan fingerprint density at radius 1 is 1.04 bits per heavy atom. The van der Waals surface area contributed by atoms with Gasteiger partial charge in [-0.15, -0.1) is 0 Å². The molecule has 1 aliphatic carbocycles. The Morgan fingerprint density at radius 3 is 2.25 bits per heavy atom. The fraction of sp³-hybridized carbons (Fsp3) is 0.524. The van der Waals surface area contributed by atoms with Crippen molar-refractivity contribution in [1.29, 1.82) is 0 Å². The number of aliphatic hydroxyl groups is 1. The van der Waals surface area contributed by atoms with Gasteiger partial charge in [0.1, 0.15) is 5.75 Å². The zero-order valence-electron chi connectivity index (χ0n) is 16.5. The van der Waals surface area contributed by atoms with Crippen molar-refractivity contribution in [3.05, 3.63) is 40.8 Å². The van der Waals surface area contributed by atoms with Crippen molar-refractivity contribution in [3.8, 4) is 5.75 Å². The second kappa shape index (κ2) is 7.61. The average Bonchev–Trinajstić information content (AvgIpc) is 2.54. The van der Waals surface area contributed by atoms with Crippen molar-refractivity contribution in [2.75, 3.05) is 0 Å². The third-order valence-corrected chi connectivity index (χ3v) is 3.38. The van der Waals surface area contributed by atoms with Crippen LogP contribution in [0.1, 0.15) is 55.4 Å². The van der Waals surface area contributed by atoms with Gasteiger partial charge in [0.25, 0.3) is 0 Å². The number of hydrogen-bond donors (Lipinski definition) is 1. The molecule has 1 aromatic carbocycles. The Labute approximate surface area is 148 Å². The molecule has 1 radical (unpaired) electrons. The second-order valence-electron chi connectivity index (χ2n) is 7.90. The highest BCUT2D eigenvalue weighted by atomic mass is 16.5. The van der Waals surface area contributed by atoms with Crippen LogP contribution in [0.15, 0.2) is 30.4 Å². The fourth-order valence-corrected chi connectivity index (χ4v) is 2.98. The Morgan fingerprint density at radius 2 is 1.67 bits per heavy atom. The van der Waals surface area contributed by atoms with Gasteiger partial charge in [0.2, 0.25) is 0 Å². The summed E-state index contributed by atoms with van der Waals surface area (Å²) in [6, 6.07) is 6.00. The molecule has 2 nitrogen and oxygen atoms in total. The van der Waals surface area contributed by atoms with Crippen molar-refractivity contribution in [1.82, 2.24) is 0 Å². The summed E-state index contributed by atoms with van der Waals surface area (Å²) in [7, 11) is 2.21. The van der Waals surface area contributed by atoms with E-state index in [1.807, 2.05) is 50.3 Å². The van der Waals surface area contributed by atoms with E-state index in [0.29, 0.717) is 0 Å². The van der Waals surface area contributed by atoms with Gasteiger partial charge in [0, 0.05) is 0 Å². The Hall–Kier alpha value is -1.48. The van der Waals surface area contributed by atoms with E-state index in [2.05, 4.69) is 41.9 Å². The van der Waals surface area contributed by atoms with Crippen molar-refractivity contribution in [2.45, 2.75) is 71.8 Å². The van der Waals surface area contributed by atoms with Gasteiger partial charge < -0.3 is 9.84 Å². The van der Waals surface area contributed by atoms with Gasteiger partial charge in [-0.05, 0) is 55.5 Å². The van der Waals surface area contributed by atoms with Crippen molar-refractivity contribution < 1.29 is 9.84 Å². The molecule has 1 aromatic rings. The Bertz CT molecular complexity index is 692. The summed E-state index contributed by atoms with van der Waals surface area (Å²) in [4.78, 5) is 0. The van der Waals surface area contributed by atoms with Gasteiger partial charge in [-0.2, -0.15) is 0 Å². The lowest BCUT2D eigenvalue weighted by Crippen LogP contribution is -2.40. The van der Waals surface area contributed by atoms with Crippen LogP contribution in [-0.2, 0) is 0 Å². The van der Waals surface area contributed by atoms with E-state index < -0.39 is 5.60 Å². The molecule has 131 valence electrons. The molecule has 1 N–H and O–H groups in total. The second-order valence-corrected chi connectivity index (χ2v) is 7.90. The lowest BCUT2D eigenvalue weighted by Gasteiger charge is -2.32. The van der Waals surface area contributed by atoms with Crippen LogP contribution >= 0.6 is 0 Å². The number of fused-ring (bicyclic) bond motifs is 1. The van der Waals surface area contributed by atoms with Crippen LogP contribution in [0.3, 0.4) is 0 Å². The topological polar surface area (TPSA) is 29.5 Å². The molecule has 24 heavy (non-hydrogen) atoms. The largest absolute Gasteiger partial charge is 0.497 e. The van der Waals surface area contributed by atoms with E-state index in [1.54, 1.807) is 13.0 Å². The minimum absolute atomic E-state index is 0.0860. The van der Waals surface area contributed by atoms with E-state index in [1.165, 1.54) is 0 Å². The van der Waals surface area contributed by atoms with Crippen molar-refractivity contribution >= 4 is 19.4 Å². The highest BCUT2D eigenvalue weighted by Gasteiger charge is 2.29. The summed E-state index contributed by atoms with van der Waals surface area (Å²) in [5.74, 6) is 0.812. The van der Waals surface area contributed by atoms with Crippen LogP contribution in [-0.4, -0.2) is 23.5 Å². The zero-order chi connectivity index (χ0) is 18.6. The van der Waals surface area contributed by atoms with E-state index in [0.717, 1.165) is 16.2 Å². The average molecular weight is 327 g/mol. The first-order valence-electron chi connectivity index (χ1n) is 8.77. The highest BCUT2D eigenvalue weighted by Crippen LogP contribution is 2.28. The summed E-state index contributed by atoms with van der Waals surface area (Å²) in [6.07, 6.45) is 7.53. The molecule has 0 aromatic heterocycles. The molecule has 0 spiro atoms. The molecule has 0 bridgehead atoms. The first-order valence-corrected chi connectivity index (χ1v) is 8.77. The minimum atomic E-state index is -0.937. The van der Waals surface area contributed by atoms with E-state index in [9.17, 15) is 5.11 Å².